The molecule has 0 aromatic carbocycles. The summed E-state index contributed by atoms with van der Waals surface area (Å²) in [6, 6.07) is 2.06. The number of pyridine rings is 1. The summed E-state index contributed by atoms with van der Waals surface area (Å²) in [4.78, 5) is 12.6. The molecule has 0 radical (unpaired) electrons. The molecule has 1 saturated carbocycles. The van der Waals surface area contributed by atoms with Gasteiger partial charge in [-0.15, -0.1) is 0 Å². The lowest BCUT2D eigenvalue weighted by Gasteiger charge is -2.41. The summed E-state index contributed by atoms with van der Waals surface area (Å²) in [5.74, 6) is 1.10. The molecule has 1 aliphatic carbocycles. The van der Waals surface area contributed by atoms with E-state index in [0.29, 0.717) is 11.8 Å². The molecule has 2 atom stereocenters. The number of fused-ring (bicyclic) bond motifs is 3. The van der Waals surface area contributed by atoms with Crippen molar-refractivity contribution in [3.63, 3.8) is 0 Å². The number of hydrogen-bond acceptors (Lipinski definition) is 7. The molecule has 3 aromatic rings. The molecule has 35 heavy (non-hydrogen) atoms. The van der Waals surface area contributed by atoms with Crippen LogP contribution in [0, 0.1) is 11.8 Å². The molecule has 6 rings (SSSR count). The molecule has 0 spiro atoms. The smallest absolute Gasteiger partial charge is 0.156 e. The van der Waals surface area contributed by atoms with Gasteiger partial charge in [-0.05, 0) is 88.9 Å². The van der Waals surface area contributed by atoms with Crippen molar-refractivity contribution in [3.8, 4) is 0 Å². The highest BCUT2D eigenvalue weighted by molar-refractivity contribution is 7.73. The van der Waals surface area contributed by atoms with Gasteiger partial charge in [0.05, 0.1) is 11.9 Å². The van der Waals surface area contributed by atoms with Crippen LogP contribution in [0.5, 0.6) is 0 Å². The first-order valence-electron chi connectivity index (χ1n) is 13.3. The zero-order chi connectivity index (χ0) is 23.8. The predicted molar refractivity (Wildman–Crippen MR) is 138 cm³/mol. The van der Waals surface area contributed by atoms with Gasteiger partial charge in [-0.25, -0.2) is 13.4 Å². The normalized spacial score (nSPS) is 27.7. The zero-order valence-electron chi connectivity index (χ0n) is 20.3. The topological polar surface area (TPSA) is 95.1 Å². The fourth-order valence-electron chi connectivity index (χ4n) is 7.01. The van der Waals surface area contributed by atoms with Gasteiger partial charge in [0.2, 0.25) is 0 Å². The Hall–Kier alpha value is -2.10. The van der Waals surface area contributed by atoms with Gasteiger partial charge in [-0.2, -0.15) is 10.2 Å². The Morgan fingerprint density at radius 1 is 1.03 bits per heavy atom. The monoisotopic (exact) mass is 496 g/mol. The molecule has 0 amide bonds. The number of piperidine rings is 1. The first-order chi connectivity index (χ1) is 17.2. The Morgan fingerprint density at radius 3 is 2.66 bits per heavy atom. The fourth-order valence-corrected chi connectivity index (χ4v) is 8.13. The highest BCUT2D eigenvalue weighted by Crippen LogP contribution is 2.41. The maximum absolute atomic E-state index is 12.5. The van der Waals surface area contributed by atoms with Crippen LogP contribution in [0.15, 0.2) is 24.7 Å². The number of likely N-dealkylation sites (tertiary alicyclic amines) is 2. The molecule has 8 nitrogen and oxygen atoms in total. The van der Waals surface area contributed by atoms with Crippen molar-refractivity contribution in [2.75, 3.05) is 32.7 Å². The number of hydrogen-bond donors (Lipinski definition) is 2. The first kappa shape index (κ1) is 23.3. The molecule has 9 heteroatoms. The maximum atomic E-state index is 12.5. The number of aromatic amines is 1. The molecule has 188 valence electrons. The summed E-state index contributed by atoms with van der Waals surface area (Å²) < 4.78 is 25.1. The van der Waals surface area contributed by atoms with Crippen molar-refractivity contribution < 1.29 is 8.42 Å². The lowest BCUT2D eigenvalue weighted by atomic mass is 9.78. The van der Waals surface area contributed by atoms with Crippen molar-refractivity contribution in [2.24, 2.45) is 11.8 Å². The second-order valence-corrected chi connectivity index (χ2v) is 12.0. The van der Waals surface area contributed by atoms with Gasteiger partial charge < -0.3 is 9.88 Å². The van der Waals surface area contributed by atoms with E-state index in [0.717, 1.165) is 79.2 Å². The summed E-state index contributed by atoms with van der Waals surface area (Å²) in [6.45, 7) is 5.40. The van der Waals surface area contributed by atoms with E-state index in [2.05, 4.69) is 36.0 Å². The van der Waals surface area contributed by atoms with Gasteiger partial charge in [0.15, 0.2) is 10.7 Å². The van der Waals surface area contributed by atoms with E-state index in [4.69, 9.17) is 0 Å². The fraction of sp³-hybridized carbons (Fsp3) is 0.654. The van der Waals surface area contributed by atoms with Crippen LogP contribution >= 0.6 is 0 Å². The molecule has 2 saturated heterocycles. The molecule has 3 aromatic heterocycles. The number of rotatable bonds is 6. The lowest BCUT2D eigenvalue weighted by molar-refractivity contribution is 0.0972. The Bertz CT molecular complexity index is 1240. The Balaban J connectivity index is 1.17. The van der Waals surface area contributed by atoms with Crippen LogP contribution in [0.2, 0.25) is 0 Å². The third-order valence-corrected chi connectivity index (χ3v) is 9.85. The molecule has 2 aliphatic heterocycles. The SMILES string of the molecule is O=[SH](=O)C(C1CCC(c2nncc3cnc4[nH]ccc4c23)CC1)N1CCCC(CN2CCCC2)C1. The van der Waals surface area contributed by atoms with Crippen LogP contribution in [-0.2, 0) is 10.7 Å². The van der Waals surface area contributed by atoms with Crippen molar-refractivity contribution in [1.29, 1.82) is 0 Å². The second-order valence-electron chi connectivity index (χ2n) is 10.9. The molecule has 0 bridgehead atoms. The van der Waals surface area contributed by atoms with Crippen molar-refractivity contribution >= 4 is 32.5 Å². The summed E-state index contributed by atoms with van der Waals surface area (Å²) in [5, 5.41) is 11.8. The molecule has 2 unspecified atom stereocenters. The van der Waals surface area contributed by atoms with Gasteiger partial charge in [0.25, 0.3) is 0 Å². The van der Waals surface area contributed by atoms with E-state index in [1.54, 1.807) is 6.20 Å². The van der Waals surface area contributed by atoms with E-state index in [1.807, 2.05) is 12.4 Å². The Labute approximate surface area is 208 Å². The van der Waals surface area contributed by atoms with Crippen LogP contribution in [0.1, 0.15) is 63.0 Å². The predicted octanol–water partition coefficient (Wildman–Crippen LogP) is 3.53. The zero-order valence-corrected chi connectivity index (χ0v) is 21.2. The summed E-state index contributed by atoms with van der Waals surface area (Å²) >= 11 is 0. The van der Waals surface area contributed by atoms with E-state index < -0.39 is 10.7 Å². The third kappa shape index (κ3) is 4.70. The van der Waals surface area contributed by atoms with E-state index >= 15 is 0 Å². The average molecular weight is 497 g/mol. The van der Waals surface area contributed by atoms with Crippen molar-refractivity contribution in [3.05, 3.63) is 30.4 Å². The average Bonchev–Trinajstić information content (AvgIpc) is 3.56. The Morgan fingerprint density at radius 2 is 1.86 bits per heavy atom. The van der Waals surface area contributed by atoms with E-state index in [-0.39, 0.29) is 11.3 Å². The maximum Gasteiger partial charge on any atom is 0.156 e. The van der Waals surface area contributed by atoms with Crippen LogP contribution in [0.3, 0.4) is 0 Å². The number of nitrogens with one attached hydrogen (secondary N) is 1. The van der Waals surface area contributed by atoms with E-state index in [9.17, 15) is 8.42 Å². The minimum atomic E-state index is -2.49. The highest BCUT2D eigenvalue weighted by atomic mass is 32.2. The van der Waals surface area contributed by atoms with Gasteiger partial charge >= 0.3 is 0 Å². The molecular weight excluding hydrogens is 460 g/mol. The minimum absolute atomic E-state index is 0.203. The molecule has 5 heterocycles. The van der Waals surface area contributed by atoms with Gasteiger partial charge in [0.1, 0.15) is 11.0 Å². The van der Waals surface area contributed by atoms with Crippen LogP contribution in [0.25, 0.3) is 21.8 Å². The van der Waals surface area contributed by atoms with Crippen molar-refractivity contribution in [2.45, 2.75) is 62.7 Å². The second kappa shape index (κ2) is 10.1. The van der Waals surface area contributed by atoms with Gasteiger partial charge in [-0.1, -0.05) is 0 Å². The molecular formula is C26H36N6O2S. The lowest BCUT2D eigenvalue weighted by Crippen LogP contribution is -2.49. The third-order valence-electron chi connectivity index (χ3n) is 8.67. The number of nitrogens with zero attached hydrogens (tertiary/aromatic N) is 5. The van der Waals surface area contributed by atoms with Crippen molar-refractivity contribution in [1.82, 2.24) is 30.0 Å². The van der Waals surface area contributed by atoms with Crippen LogP contribution in [0.4, 0.5) is 0 Å². The summed E-state index contributed by atoms with van der Waals surface area (Å²) in [7, 11) is -2.49. The largest absolute Gasteiger partial charge is 0.346 e. The van der Waals surface area contributed by atoms with Gasteiger partial charge in [0, 0.05) is 47.6 Å². The minimum Gasteiger partial charge on any atom is -0.346 e. The summed E-state index contributed by atoms with van der Waals surface area (Å²) in [5.41, 5.74) is 1.91. The summed E-state index contributed by atoms with van der Waals surface area (Å²) in [6.07, 6.45) is 14.3. The highest BCUT2D eigenvalue weighted by Gasteiger charge is 2.37. The van der Waals surface area contributed by atoms with Crippen LogP contribution in [-0.4, -0.2) is 76.5 Å². The Kier molecular flexibility index (Phi) is 6.73. The first-order valence-corrected chi connectivity index (χ1v) is 14.6. The number of thiol groups is 1. The quantitative estimate of drug-likeness (QED) is 0.504. The molecule has 3 fully saturated rings. The number of aromatic nitrogens is 4. The number of H-pyrrole nitrogens is 1. The molecule has 1 N–H and O–H groups in total. The van der Waals surface area contributed by atoms with Crippen LogP contribution < -0.4 is 0 Å². The van der Waals surface area contributed by atoms with E-state index in [1.165, 1.54) is 32.4 Å². The van der Waals surface area contributed by atoms with Gasteiger partial charge in [-0.3, -0.25) is 4.90 Å². The standard InChI is InChI=1S/C26H36N6O2S/c33-35(34)26(32-13-3-4-18(17-32)16-31-11-1-2-12-31)20-7-5-19(6-8-20)24-23-21(15-29-30-24)14-28-25-22(23)9-10-27-25/h9-10,14-15,18-20,26,35H,1-8,11-13,16-17H2,(H,27,28). The molecule has 3 aliphatic rings.